The highest BCUT2D eigenvalue weighted by Crippen LogP contribution is 2.33. The van der Waals surface area contributed by atoms with E-state index in [2.05, 4.69) is 89.5 Å². The zero-order valence-electron chi connectivity index (χ0n) is 23.4. The third-order valence-corrected chi connectivity index (χ3v) is 7.26. The normalized spacial score (nSPS) is 11.3. The molecule has 0 fully saturated rings. The Morgan fingerprint density at radius 3 is 1.71 bits per heavy atom. The second-order valence-corrected chi connectivity index (χ2v) is 9.97. The van der Waals surface area contributed by atoms with Gasteiger partial charge in [0.05, 0.1) is 5.57 Å². The Labute approximate surface area is 214 Å². The minimum atomic E-state index is 0.761. The molecule has 0 heterocycles. The zero-order valence-corrected chi connectivity index (χ0v) is 23.4. The van der Waals surface area contributed by atoms with E-state index in [1.165, 1.54) is 89.5 Å². The molecular formula is C33H46N2. The first-order valence-corrected chi connectivity index (χ1v) is 13.8. The lowest BCUT2D eigenvalue weighted by atomic mass is 9.84. The van der Waals surface area contributed by atoms with Crippen LogP contribution in [0.2, 0.25) is 0 Å². The van der Waals surface area contributed by atoms with Gasteiger partial charge in [0.1, 0.15) is 0 Å². The van der Waals surface area contributed by atoms with E-state index in [1.807, 2.05) is 0 Å². The fourth-order valence-electron chi connectivity index (χ4n) is 4.78. The molecule has 0 spiro atoms. The van der Waals surface area contributed by atoms with Gasteiger partial charge in [-0.3, -0.25) is 0 Å². The summed E-state index contributed by atoms with van der Waals surface area (Å²) in [5.41, 5.74) is 22.4. The highest BCUT2D eigenvalue weighted by molar-refractivity contribution is 5.84. The molecular weight excluding hydrogens is 424 g/mol. The van der Waals surface area contributed by atoms with Crippen LogP contribution in [0, 0.1) is 20.8 Å². The zero-order chi connectivity index (χ0) is 25.8. The van der Waals surface area contributed by atoms with Crippen molar-refractivity contribution in [3.05, 3.63) is 86.0 Å². The molecule has 0 aromatic heterocycles. The molecule has 0 N–H and O–H groups in total. The number of allylic oxidation sites excluding steroid dienone is 2. The van der Waals surface area contributed by atoms with Gasteiger partial charge in [0.15, 0.2) is 0 Å². The Morgan fingerprint density at radius 2 is 1.26 bits per heavy atom. The molecule has 0 aliphatic heterocycles. The molecule has 0 bridgehead atoms. The molecule has 2 rings (SSSR count). The molecule has 35 heavy (non-hydrogen) atoms. The van der Waals surface area contributed by atoms with Crippen LogP contribution in [0.5, 0.6) is 0 Å². The van der Waals surface area contributed by atoms with Gasteiger partial charge in [0, 0.05) is 0 Å². The lowest BCUT2D eigenvalue weighted by molar-refractivity contribution is 0.00750. The van der Waals surface area contributed by atoms with E-state index in [1.54, 1.807) is 5.56 Å². The predicted octanol–water partition coefficient (Wildman–Crippen LogP) is 9.31. The Balaban J connectivity index is 2.86. The van der Waals surface area contributed by atoms with Crippen LogP contribution in [-0.2, 0) is 19.3 Å². The number of aryl methyl sites for hydroxylation is 4. The molecule has 0 aliphatic carbocycles. The Bertz CT molecular complexity index is 1050. The van der Waals surface area contributed by atoms with Gasteiger partial charge < -0.3 is 5.53 Å². The van der Waals surface area contributed by atoms with Crippen molar-refractivity contribution in [3.63, 3.8) is 0 Å². The number of hydrogen-bond acceptors (Lipinski definition) is 0. The summed E-state index contributed by atoms with van der Waals surface area (Å²) < 4.78 is 0. The largest absolute Gasteiger partial charge is 0.348 e. The third-order valence-electron chi connectivity index (χ3n) is 7.26. The molecule has 0 aliphatic rings. The van der Waals surface area contributed by atoms with Crippen LogP contribution in [0.3, 0.4) is 0 Å². The van der Waals surface area contributed by atoms with Gasteiger partial charge in [-0.05, 0) is 122 Å². The van der Waals surface area contributed by atoms with Crippen LogP contribution in [0.1, 0.15) is 117 Å². The summed E-state index contributed by atoms with van der Waals surface area (Å²) in [6.07, 6.45) is 13.7. The third kappa shape index (κ3) is 7.93. The van der Waals surface area contributed by atoms with Crippen LogP contribution in [0.25, 0.3) is 11.1 Å². The quantitative estimate of drug-likeness (QED) is 0.121. The lowest BCUT2D eigenvalue weighted by Crippen LogP contribution is -2.05. The summed E-state index contributed by atoms with van der Waals surface area (Å²) in [5.74, 6) is 2.80. The first-order chi connectivity index (χ1) is 16.9. The number of benzene rings is 2. The Hall–Kier alpha value is -2.66. The Kier molecular flexibility index (Phi) is 12.0. The molecule has 2 heteroatoms. The molecule has 188 valence electrons. The Morgan fingerprint density at radius 1 is 0.771 bits per heavy atom. The van der Waals surface area contributed by atoms with Gasteiger partial charge in [-0.25, -0.2) is 0 Å². The molecule has 0 saturated carbocycles. The average Bonchev–Trinajstić information content (AvgIpc) is 2.85. The van der Waals surface area contributed by atoms with Gasteiger partial charge >= 0.3 is 5.87 Å². The second-order valence-electron chi connectivity index (χ2n) is 9.97. The van der Waals surface area contributed by atoms with Gasteiger partial charge in [-0.2, -0.15) is 0 Å². The van der Waals surface area contributed by atoms with Crippen molar-refractivity contribution in [2.75, 3.05) is 0 Å². The molecule has 0 unspecified atom stereocenters. The number of unbranched alkanes of at least 4 members (excludes halogenated alkanes) is 3. The van der Waals surface area contributed by atoms with Crippen molar-refractivity contribution in [1.29, 1.82) is 0 Å². The number of hydrogen-bond donors (Lipinski definition) is 0. The van der Waals surface area contributed by atoms with Crippen molar-refractivity contribution in [1.82, 2.24) is 0 Å². The van der Waals surface area contributed by atoms with Crippen molar-refractivity contribution in [2.45, 2.75) is 113 Å². The van der Waals surface area contributed by atoms with E-state index in [0.717, 1.165) is 24.8 Å². The predicted molar refractivity (Wildman–Crippen MR) is 152 cm³/mol. The van der Waals surface area contributed by atoms with Crippen molar-refractivity contribution < 1.29 is 4.79 Å². The van der Waals surface area contributed by atoms with E-state index >= 15 is 0 Å². The molecule has 0 atom stereocenters. The van der Waals surface area contributed by atoms with Crippen LogP contribution in [-0.4, -0.2) is 10.7 Å². The second kappa shape index (κ2) is 14.7. The van der Waals surface area contributed by atoms with Crippen LogP contribution < -0.4 is 0 Å². The van der Waals surface area contributed by atoms with E-state index in [9.17, 15) is 5.53 Å². The summed E-state index contributed by atoms with van der Waals surface area (Å²) in [6, 6.07) is 9.52. The van der Waals surface area contributed by atoms with Crippen LogP contribution >= 0.6 is 0 Å². The molecule has 2 aromatic rings. The molecule has 2 nitrogen and oxygen atoms in total. The van der Waals surface area contributed by atoms with Gasteiger partial charge in [0.2, 0.25) is 0 Å². The van der Waals surface area contributed by atoms with Gasteiger partial charge in [-0.1, -0.05) is 71.2 Å². The number of rotatable bonds is 13. The monoisotopic (exact) mass is 470 g/mol. The minimum absolute atomic E-state index is 0.761. The average molecular weight is 471 g/mol. The van der Waals surface area contributed by atoms with Crippen LogP contribution in [0.15, 0.2) is 35.9 Å². The summed E-state index contributed by atoms with van der Waals surface area (Å²) in [5, 5.41) is 0. The molecule has 2 aromatic carbocycles. The maximum atomic E-state index is 9.21. The summed E-state index contributed by atoms with van der Waals surface area (Å²) in [6.45, 7) is 15.5. The van der Waals surface area contributed by atoms with Gasteiger partial charge in [0.25, 0.3) is 0 Å². The summed E-state index contributed by atoms with van der Waals surface area (Å²) >= 11 is 0. The topological polar surface area (TPSA) is 36.4 Å². The van der Waals surface area contributed by atoms with E-state index in [0.29, 0.717) is 0 Å². The van der Waals surface area contributed by atoms with E-state index in [4.69, 9.17) is 0 Å². The number of nitrogens with zero attached hydrogens (tertiary/aromatic N) is 2. The van der Waals surface area contributed by atoms with Crippen molar-refractivity contribution in [2.24, 2.45) is 0 Å². The first-order valence-electron chi connectivity index (χ1n) is 13.8. The fourth-order valence-corrected chi connectivity index (χ4v) is 4.78. The smallest absolute Gasteiger partial charge is 0.303 e. The van der Waals surface area contributed by atoms with Crippen molar-refractivity contribution >= 4 is 11.4 Å². The standard InChI is InChI=1S/C33H46N2/c1-8-12-15-28-21-31(22-29(16-13-9-2)32(28)17-14-10-3)33(20-27(11-4)23-35-34)30-18-24(5)26(7)25(6)19-30/h18-22H,8-17H2,1-7H3. The van der Waals surface area contributed by atoms with E-state index < -0.39 is 0 Å². The molecule has 0 saturated heterocycles. The molecule has 0 radical (unpaired) electrons. The highest BCUT2D eigenvalue weighted by atomic mass is 14.8. The van der Waals surface area contributed by atoms with Crippen molar-refractivity contribution in [3.8, 4) is 0 Å². The highest BCUT2D eigenvalue weighted by Gasteiger charge is 2.16. The lowest BCUT2D eigenvalue weighted by Gasteiger charge is -2.20. The minimum Gasteiger partial charge on any atom is -0.348 e. The first kappa shape index (κ1) is 28.6. The fraction of sp³-hybridized carbons (Fsp3) is 0.515. The van der Waals surface area contributed by atoms with Crippen LogP contribution in [0.4, 0.5) is 0 Å². The molecule has 0 amide bonds. The maximum absolute atomic E-state index is 9.21. The van der Waals surface area contributed by atoms with Gasteiger partial charge in [-0.15, -0.1) is 4.79 Å². The van der Waals surface area contributed by atoms with E-state index in [-0.39, 0.29) is 0 Å². The SMILES string of the molecule is CCCCc1cc(C(=CC(=C=[N+]=[N-])CC)c2cc(C)c(C)c(C)c2)cc(CCCC)c1CCCC. The maximum Gasteiger partial charge on any atom is 0.303 e. The summed E-state index contributed by atoms with van der Waals surface area (Å²) in [7, 11) is 0. The summed E-state index contributed by atoms with van der Waals surface area (Å²) in [4.78, 5) is 3.23.